The predicted molar refractivity (Wildman–Crippen MR) is 67.2 cm³/mol. The van der Waals surface area contributed by atoms with Gasteiger partial charge in [-0.3, -0.25) is 0 Å². The summed E-state index contributed by atoms with van der Waals surface area (Å²) in [6.45, 7) is 1.11. The Kier molecular flexibility index (Phi) is 2.67. The maximum atomic E-state index is 11.2. The van der Waals surface area contributed by atoms with Crippen LogP contribution in [0.5, 0.6) is 0 Å². The van der Waals surface area contributed by atoms with E-state index in [1.807, 2.05) is 0 Å². The Labute approximate surface area is 106 Å². The van der Waals surface area contributed by atoms with E-state index in [0.29, 0.717) is 23.9 Å². The Bertz CT molecular complexity index is 593. The van der Waals surface area contributed by atoms with Crippen LogP contribution in [0.1, 0.15) is 12.8 Å². The number of hydrogen-bond donors (Lipinski definition) is 1. The van der Waals surface area contributed by atoms with Crippen LogP contribution in [0.15, 0.2) is 11.6 Å². The molecule has 3 heterocycles. The van der Waals surface area contributed by atoms with Crippen molar-refractivity contribution in [1.29, 1.82) is 0 Å². The lowest BCUT2D eigenvalue weighted by atomic mass is 10.1. The summed E-state index contributed by atoms with van der Waals surface area (Å²) >= 11 is 1.36. The first-order valence-corrected chi connectivity index (χ1v) is 6.57. The number of rotatable bonds is 2. The van der Waals surface area contributed by atoms with Crippen molar-refractivity contribution < 1.29 is 10.0 Å². The topological polar surface area (TPSA) is 83.9 Å². The zero-order chi connectivity index (χ0) is 12.7. The molecule has 0 radical (unpaired) electrons. The lowest BCUT2D eigenvalue weighted by Gasteiger charge is -2.29. The number of aliphatic hydroxyl groups excluding tert-OH is 1. The van der Waals surface area contributed by atoms with Gasteiger partial charge in [0.2, 0.25) is 5.82 Å². The molecule has 8 heteroatoms. The molecule has 3 rings (SSSR count). The minimum Gasteiger partial charge on any atom is -0.391 e. The van der Waals surface area contributed by atoms with Crippen molar-refractivity contribution in [3.05, 3.63) is 21.7 Å². The minimum absolute atomic E-state index is 0.0136. The lowest BCUT2D eigenvalue weighted by molar-refractivity contribution is -0.389. The summed E-state index contributed by atoms with van der Waals surface area (Å²) in [5.74, 6) is 0.353. The van der Waals surface area contributed by atoms with Crippen LogP contribution < -0.4 is 4.90 Å². The molecular weight excluding hydrogens is 256 g/mol. The number of thiazole rings is 1. The largest absolute Gasteiger partial charge is 0.391 e. The van der Waals surface area contributed by atoms with Crippen molar-refractivity contribution >= 4 is 27.9 Å². The fourth-order valence-electron chi connectivity index (χ4n) is 2.29. The van der Waals surface area contributed by atoms with Gasteiger partial charge in [0.15, 0.2) is 0 Å². The highest BCUT2D eigenvalue weighted by Gasteiger charge is 2.30. The van der Waals surface area contributed by atoms with Crippen molar-refractivity contribution in [1.82, 2.24) is 9.38 Å². The summed E-state index contributed by atoms with van der Waals surface area (Å²) in [4.78, 5) is 17.5. The van der Waals surface area contributed by atoms with E-state index in [0.717, 1.165) is 12.8 Å². The first-order chi connectivity index (χ1) is 8.66. The van der Waals surface area contributed by atoms with E-state index in [9.17, 15) is 15.2 Å². The number of piperidine rings is 1. The highest BCUT2D eigenvalue weighted by Crippen LogP contribution is 2.32. The quantitative estimate of drug-likeness (QED) is 0.655. The summed E-state index contributed by atoms with van der Waals surface area (Å²) < 4.78 is 1.49. The highest BCUT2D eigenvalue weighted by molar-refractivity contribution is 7.15. The third-order valence-electron chi connectivity index (χ3n) is 3.09. The van der Waals surface area contributed by atoms with Gasteiger partial charge in [-0.15, -0.1) is 0 Å². The molecule has 2 aromatic heterocycles. The zero-order valence-electron chi connectivity index (χ0n) is 9.52. The van der Waals surface area contributed by atoms with Crippen LogP contribution in [0.3, 0.4) is 0 Å². The van der Waals surface area contributed by atoms with E-state index in [-0.39, 0.29) is 5.82 Å². The summed E-state index contributed by atoms with van der Waals surface area (Å²) in [6, 6.07) is 0. The zero-order valence-corrected chi connectivity index (χ0v) is 10.3. The fraction of sp³-hybridized carbons (Fsp3) is 0.500. The van der Waals surface area contributed by atoms with Crippen LogP contribution in [0.25, 0.3) is 4.96 Å². The van der Waals surface area contributed by atoms with Gasteiger partial charge in [0, 0.05) is 18.5 Å². The summed E-state index contributed by atoms with van der Waals surface area (Å²) in [7, 11) is 0. The monoisotopic (exact) mass is 268 g/mol. The molecule has 1 fully saturated rings. The van der Waals surface area contributed by atoms with Gasteiger partial charge in [-0.25, -0.2) is 0 Å². The number of aliphatic hydroxyl groups is 1. The van der Waals surface area contributed by atoms with Crippen LogP contribution in [0.4, 0.5) is 11.6 Å². The van der Waals surface area contributed by atoms with Gasteiger partial charge in [-0.05, 0) is 17.8 Å². The van der Waals surface area contributed by atoms with Crippen LogP contribution in [-0.4, -0.2) is 38.6 Å². The van der Waals surface area contributed by atoms with E-state index in [1.165, 1.54) is 15.7 Å². The molecule has 1 saturated heterocycles. The summed E-state index contributed by atoms with van der Waals surface area (Å²) in [6.07, 6.45) is 2.78. The maximum absolute atomic E-state index is 11.2. The molecule has 0 aromatic carbocycles. The van der Waals surface area contributed by atoms with Gasteiger partial charge in [-0.2, -0.15) is 9.38 Å². The first-order valence-electron chi connectivity index (χ1n) is 5.70. The average molecular weight is 268 g/mol. The Balaban J connectivity index is 2.07. The molecule has 96 valence electrons. The van der Waals surface area contributed by atoms with Crippen molar-refractivity contribution in [2.75, 3.05) is 18.0 Å². The standard InChI is InChI=1S/C10H12N4O3S/c15-7-2-1-3-12(6-7)8-9(14(16)17)13-4-5-18-10(13)11-8/h4-5,7,15H,1-3,6H2/t7-/m1/s1. The third-order valence-corrected chi connectivity index (χ3v) is 3.84. The summed E-state index contributed by atoms with van der Waals surface area (Å²) in [5, 5.41) is 22.6. The van der Waals surface area contributed by atoms with Gasteiger partial charge >= 0.3 is 5.82 Å². The molecule has 0 aliphatic carbocycles. The van der Waals surface area contributed by atoms with Crippen LogP contribution >= 0.6 is 11.3 Å². The van der Waals surface area contributed by atoms with E-state index < -0.39 is 11.0 Å². The van der Waals surface area contributed by atoms with Crippen LogP contribution in [0, 0.1) is 10.1 Å². The van der Waals surface area contributed by atoms with Crippen LogP contribution in [-0.2, 0) is 0 Å². The maximum Gasteiger partial charge on any atom is 0.373 e. The number of fused-ring (bicyclic) bond motifs is 1. The predicted octanol–water partition coefficient (Wildman–Crippen LogP) is 1.27. The average Bonchev–Trinajstić information content (AvgIpc) is 2.87. The van der Waals surface area contributed by atoms with E-state index in [1.54, 1.807) is 16.5 Å². The Morgan fingerprint density at radius 2 is 2.44 bits per heavy atom. The molecule has 7 nitrogen and oxygen atoms in total. The van der Waals surface area contributed by atoms with E-state index >= 15 is 0 Å². The molecule has 2 aromatic rings. The third kappa shape index (κ3) is 1.73. The number of anilines is 1. The van der Waals surface area contributed by atoms with Gasteiger partial charge in [0.25, 0.3) is 4.96 Å². The molecule has 0 saturated carbocycles. The lowest BCUT2D eigenvalue weighted by Crippen LogP contribution is -2.38. The molecule has 1 atom stereocenters. The number of imidazole rings is 1. The molecule has 0 bridgehead atoms. The highest BCUT2D eigenvalue weighted by atomic mass is 32.1. The van der Waals surface area contributed by atoms with Gasteiger partial charge in [-0.1, -0.05) is 11.3 Å². The second kappa shape index (κ2) is 4.21. The summed E-state index contributed by atoms with van der Waals surface area (Å²) in [5.41, 5.74) is 0. The number of nitro groups is 1. The molecule has 0 unspecified atom stereocenters. The first kappa shape index (κ1) is 11.4. The SMILES string of the molecule is O=[N+]([O-])c1c(N2CCC[C@@H](O)C2)nc2sccn12. The molecule has 18 heavy (non-hydrogen) atoms. The Hall–Kier alpha value is -1.67. The normalized spacial score (nSPS) is 20.5. The molecule has 1 aliphatic rings. The van der Waals surface area contributed by atoms with E-state index in [4.69, 9.17) is 0 Å². The number of hydrogen-bond acceptors (Lipinski definition) is 6. The smallest absolute Gasteiger partial charge is 0.373 e. The van der Waals surface area contributed by atoms with Crippen molar-refractivity contribution in [2.24, 2.45) is 0 Å². The van der Waals surface area contributed by atoms with Crippen molar-refractivity contribution in [3.8, 4) is 0 Å². The van der Waals surface area contributed by atoms with E-state index in [2.05, 4.69) is 4.98 Å². The van der Waals surface area contributed by atoms with Gasteiger partial charge < -0.3 is 20.1 Å². The van der Waals surface area contributed by atoms with Gasteiger partial charge in [0.1, 0.15) is 6.20 Å². The number of β-amino-alcohol motifs (C(OH)–C–C–N with tert-alkyl or cyclic N) is 1. The molecule has 0 amide bonds. The molecular formula is C10H12N4O3S. The fourth-order valence-corrected chi connectivity index (χ4v) is 3.00. The second-order valence-corrected chi connectivity index (χ2v) is 5.19. The molecule has 1 aliphatic heterocycles. The number of aromatic nitrogens is 2. The van der Waals surface area contributed by atoms with Crippen LogP contribution in [0.2, 0.25) is 0 Å². The minimum atomic E-state index is -0.432. The second-order valence-electron chi connectivity index (χ2n) is 4.31. The Morgan fingerprint density at radius 3 is 3.17 bits per heavy atom. The van der Waals surface area contributed by atoms with Crippen molar-refractivity contribution in [2.45, 2.75) is 18.9 Å². The Morgan fingerprint density at radius 1 is 1.61 bits per heavy atom. The molecule has 0 spiro atoms. The van der Waals surface area contributed by atoms with Gasteiger partial charge in [0.05, 0.1) is 6.10 Å². The molecule has 1 N–H and O–H groups in total. The number of nitrogens with zero attached hydrogens (tertiary/aromatic N) is 4. The van der Waals surface area contributed by atoms with Crippen molar-refractivity contribution in [3.63, 3.8) is 0 Å².